The van der Waals surface area contributed by atoms with Gasteiger partial charge in [-0.2, -0.15) is 0 Å². The van der Waals surface area contributed by atoms with Gasteiger partial charge in [0.15, 0.2) is 0 Å². The molecule has 1 saturated heterocycles. The van der Waals surface area contributed by atoms with Gasteiger partial charge in [0.25, 0.3) is 17.2 Å². The number of rotatable bonds is 9. The number of nitrogens with zero attached hydrogens (tertiary/aromatic N) is 2. The summed E-state index contributed by atoms with van der Waals surface area (Å²) in [7, 11) is 3.04. The first-order valence-electron chi connectivity index (χ1n) is 10.7. The van der Waals surface area contributed by atoms with Gasteiger partial charge in [-0.1, -0.05) is 24.3 Å². The number of ether oxygens (including phenoxy) is 2. The summed E-state index contributed by atoms with van der Waals surface area (Å²) in [5, 5.41) is 9.36. The number of nitrogens with one attached hydrogen (secondary N) is 1. The summed E-state index contributed by atoms with van der Waals surface area (Å²) in [6, 6.07) is 13.3. The molecule has 10 nitrogen and oxygen atoms in total. The van der Waals surface area contributed by atoms with Gasteiger partial charge in [-0.05, 0) is 54.2 Å². The molecule has 0 saturated carbocycles. The summed E-state index contributed by atoms with van der Waals surface area (Å²) < 4.78 is 33.6. The fraction of sp³-hybridized carbons (Fsp3) is 0.391. The van der Waals surface area contributed by atoms with E-state index in [9.17, 15) is 23.6 Å². The Kier molecular flexibility index (Phi) is 8.99. The third kappa shape index (κ3) is 5.92. The number of anilines is 1. The zero-order valence-electron chi connectivity index (χ0n) is 19.0. The van der Waals surface area contributed by atoms with Crippen molar-refractivity contribution in [3.05, 3.63) is 48.5 Å². The average molecular weight is 492 g/mol. The second-order valence-corrected chi connectivity index (χ2v) is 8.76. The van der Waals surface area contributed by atoms with Crippen molar-refractivity contribution in [3.8, 4) is 16.9 Å². The van der Waals surface area contributed by atoms with Crippen molar-refractivity contribution in [2.45, 2.75) is 18.9 Å². The average Bonchev–Trinajstić information content (AvgIpc) is 2.87. The summed E-state index contributed by atoms with van der Waals surface area (Å²) in [4.78, 5) is 26.4. The summed E-state index contributed by atoms with van der Waals surface area (Å²) in [6.07, 6.45) is 0.844. The molecule has 2 unspecified atom stereocenters. The number of methoxy groups -OCH3 is 2. The lowest BCUT2D eigenvalue weighted by Gasteiger charge is -2.39. The number of carbonyl (C=O) groups is 2. The topological polar surface area (TPSA) is 129 Å². The Morgan fingerprint density at radius 1 is 1.09 bits per heavy atom. The van der Waals surface area contributed by atoms with E-state index in [0.717, 1.165) is 21.2 Å². The van der Waals surface area contributed by atoms with Crippen molar-refractivity contribution in [1.82, 2.24) is 10.4 Å². The third-order valence-corrected chi connectivity index (χ3v) is 6.73. The molecular weight excluding hydrogens is 462 g/mol. The zero-order chi connectivity index (χ0) is 24.7. The number of carbonyl (C=O) groups excluding carboxylic acids is 2. The maximum Gasteiger partial charge on any atom is 0.267 e. The van der Waals surface area contributed by atoms with Crippen LogP contribution in [-0.2, 0) is 25.6 Å². The van der Waals surface area contributed by atoms with Crippen LogP contribution >= 0.6 is 0 Å². The lowest BCUT2D eigenvalue weighted by molar-refractivity contribution is -0.137. The van der Waals surface area contributed by atoms with E-state index >= 15 is 0 Å². The molecule has 2 aromatic carbocycles. The molecular formula is C23H29N3O7S. The lowest BCUT2D eigenvalue weighted by atomic mass is 9.88. The Labute approximate surface area is 200 Å². The minimum absolute atomic E-state index is 0.0292. The Hall–Kier alpha value is -2.99. The summed E-state index contributed by atoms with van der Waals surface area (Å²) >= 11 is -2.54. The van der Waals surface area contributed by atoms with E-state index in [0.29, 0.717) is 31.6 Å². The largest absolute Gasteiger partial charge is 0.497 e. The van der Waals surface area contributed by atoms with Crippen molar-refractivity contribution >= 4 is 28.8 Å². The van der Waals surface area contributed by atoms with Gasteiger partial charge in [-0.3, -0.25) is 23.7 Å². The van der Waals surface area contributed by atoms with E-state index in [1.807, 2.05) is 24.3 Å². The molecule has 34 heavy (non-hydrogen) atoms. The first kappa shape index (κ1) is 25.6. The Balaban J connectivity index is 1.83. The van der Waals surface area contributed by atoms with Crippen LogP contribution in [0.25, 0.3) is 11.1 Å². The molecule has 0 aliphatic carbocycles. The van der Waals surface area contributed by atoms with Gasteiger partial charge in [0, 0.05) is 20.2 Å². The van der Waals surface area contributed by atoms with Crippen LogP contribution < -0.4 is 14.5 Å². The highest BCUT2D eigenvalue weighted by Crippen LogP contribution is 2.31. The summed E-state index contributed by atoms with van der Waals surface area (Å²) in [5.74, 6) is -0.574. The number of benzene rings is 2. The second-order valence-electron chi connectivity index (χ2n) is 7.90. The molecule has 3 rings (SSSR count). The van der Waals surface area contributed by atoms with E-state index < -0.39 is 23.2 Å². The van der Waals surface area contributed by atoms with Gasteiger partial charge in [0.2, 0.25) is 5.91 Å². The smallest absolute Gasteiger partial charge is 0.267 e. The van der Waals surface area contributed by atoms with Crippen molar-refractivity contribution in [2.75, 3.05) is 38.2 Å². The maximum absolute atomic E-state index is 12.6. The Morgan fingerprint density at radius 2 is 1.65 bits per heavy atom. The molecule has 11 heteroatoms. The standard InChI is InChI=1S/C23H29N3O7S/c1-32-15-21(27)25-13-11-18(12-14-25)22(23(28)24-29)26(34(30)31)19-7-3-16(4-8-19)17-5-9-20(33-2)10-6-17/h3-10,18,22,29H,11-15H2,1-2H3,(H,24,28)(H,30,31). The van der Waals surface area contributed by atoms with E-state index in [2.05, 4.69) is 0 Å². The minimum Gasteiger partial charge on any atom is -0.497 e. The van der Waals surface area contributed by atoms with Crippen LogP contribution in [0.4, 0.5) is 5.69 Å². The highest BCUT2D eigenvalue weighted by atomic mass is 32.2. The molecule has 2 amide bonds. The monoisotopic (exact) mass is 491 g/mol. The van der Waals surface area contributed by atoms with Crippen LogP contribution in [-0.4, -0.2) is 70.6 Å². The molecule has 1 fully saturated rings. The maximum atomic E-state index is 12.6. The molecule has 0 radical (unpaired) electrons. The van der Waals surface area contributed by atoms with Gasteiger partial charge in [0.1, 0.15) is 18.4 Å². The first-order valence-corrected chi connectivity index (χ1v) is 11.8. The van der Waals surface area contributed by atoms with Gasteiger partial charge < -0.3 is 14.4 Å². The number of piperidine rings is 1. The molecule has 1 aliphatic rings. The normalized spacial score (nSPS) is 15.9. The minimum atomic E-state index is -2.54. The van der Waals surface area contributed by atoms with E-state index in [1.165, 1.54) is 7.11 Å². The fourth-order valence-electron chi connectivity index (χ4n) is 4.19. The van der Waals surface area contributed by atoms with Crippen LogP contribution in [0.3, 0.4) is 0 Å². The third-order valence-electron chi connectivity index (χ3n) is 5.95. The van der Waals surface area contributed by atoms with Crippen molar-refractivity contribution in [2.24, 2.45) is 5.92 Å². The number of likely N-dealkylation sites (tertiary alicyclic amines) is 1. The molecule has 0 aromatic heterocycles. The molecule has 0 bridgehead atoms. The molecule has 1 heterocycles. The van der Waals surface area contributed by atoms with Crippen LogP contribution in [0.15, 0.2) is 48.5 Å². The van der Waals surface area contributed by atoms with E-state index in [1.54, 1.807) is 41.8 Å². The SMILES string of the molecule is COCC(=O)N1CCC(C(C(=O)NO)N(c2ccc(-c3ccc(OC)cc3)cc2)S(=O)O)CC1. The number of hydroxylamine groups is 1. The van der Waals surface area contributed by atoms with Crippen molar-refractivity contribution in [3.63, 3.8) is 0 Å². The highest BCUT2D eigenvalue weighted by molar-refractivity contribution is 7.80. The van der Waals surface area contributed by atoms with Gasteiger partial charge in [-0.25, -0.2) is 9.69 Å². The zero-order valence-corrected chi connectivity index (χ0v) is 19.9. The predicted molar refractivity (Wildman–Crippen MR) is 127 cm³/mol. The molecule has 3 N–H and O–H groups in total. The van der Waals surface area contributed by atoms with Crippen LogP contribution in [0.5, 0.6) is 5.75 Å². The fourth-order valence-corrected chi connectivity index (χ4v) is 4.95. The quantitative estimate of drug-likeness (QED) is 0.278. The molecule has 1 aliphatic heterocycles. The van der Waals surface area contributed by atoms with Gasteiger partial charge >= 0.3 is 0 Å². The van der Waals surface area contributed by atoms with Crippen LogP contribution in [0, 0.1) is 5.92 Å². The van der Waals surface area contributed by atoms with E-state index in [4.69, 9.17) is 9.47 Å². The second kappa shape index (κ2) is 11.9. The molecule has 2 aromatic rings. The van der Waals surface area contributed by atoms with Crippen molar-refractivity contribution < 1.29 is 33.0 Å². The summed E-state index contributed by atoms with van der Waals surface area (Å²) in [5.41, 5.74) is 3.79. The number of amides is 2. The lowest BCUT2D eigenvalue weighted by Crippen LogP contribution is -2.54. The number of hydrogen-bond donors (Lipinski definition) is 3. The molecule has 184 valence electrons. The first-order chi connectivity index (χ1) is 16.4. The number of hydrogen-bond acceptors (Lipinski definition) is 6. The summed E-state index contributed by atoms with van der Waals surface area (Å²) in [6.45, 7) is 0.729. The van der Waals surface area contributed by atoms with Gasteiger partial charge in [-0.15, -0.1) is 0 Å². The van der Waals surface area contributed by atoms with Gasteiger partial charge in [0.05, 0.1) is 12.8 Å². The van der Waals surface area contributed by atoms with Crippen molar-refractivity contribution in [1.29, 1.82) is 0 Å². The van der Waals surface area contributed by atoms with Crippen LogP contribution in [0.1, 0.15) is 12.8 Å². The predicted octanol–water partition coefficient (Wildman–Crippen LogP) is 2.06. The van der Waals surface area contributed by atoms with Crippen LogP contribution in [0.2, 0.25) is 0 Å². The Bertz CT molecular complexity index is 993. The molecule has 0 spiro atoms. The van der Waals surface area contributed by atoms with E-state index in [-0.39, 0.29) is 18.4 Å². The Morgan fingerprint density at radius 3 is 2.12 bits per heavy atom. The molecule has 2 atom stereocenters. The highest BCUT2D eigenvalue weighted by Gasteiger charge is 2.39.